The average Bonchev–Trinajstić information content (AvgIpc) is 2.79. The first-order valence-corrected chi connectivity index (χ1v) is 12.2. The van der Waals surface area contributed by atoms with Crippen LogP contribution in [-0.4, -0.2) is 6.61 Å². The topological polar surface area (TPSA) is 9.23 Å². The largest absolute Gasteiger partial charge is 0.377 e. The van der Waals surface area contributed by atoms with Crippen molar-refractivity contribution in [1.29, 1.82) is 0 Å². The Bertz CT molecular complexity index is 733. The van der Waals surface area contributed by atoms with E-state index in [2.05, 4.69) is 74.5 Å². The van der Waals surface area contributed by atoms with Gasteiger partial charge in [0.2, 0.25) is 0 Å². The zero-order valence-electron chi connectivity index (χ0n) is 19.1. The van der Waals surface area contributed by atoms with Gasteiger partial charge in [-0.05, 0) is 86.0 Å². The zero-order chi connectivity index (χ0) is 21.0. The van der Waals surface area contributed by atoms with Crippen LogP contribution in [0.1, 0.15) is 76.3 Å². The molecular formula is C29H40O. The number of rotatable bonds is 11. The Morgan fingerprint density at radius 2 is 1.47 bits per heavy atom. The highest BCUT2D eigenvalue weighted by atomic mass is 16.5. The Labute approximate surface area is 184 Å². The fourth-order valence-corrected chi connectivity index (χ4v) is 4.70. The molecule has 2 aromatic carbocycles. The first kappa shape index (κ1) is 22.8. The van der Waals surface area contributed by atoms with E-state index in [9.17, 15) is 0 Å². The maximum Gasteiger partial charge on any atom is 0.0716 e. The molecule has 3 rings (SSSR count). The van der Waals surface area contributed by atoms with Crippen molar-refractivity contribution >= 4 is 0 Å². The van der Waals surface area contributed by atoms with Crippen LogP contribution in [0.2, 0.25) is 0 Å². The van der Waals surface area contributed by atoms with E-state index in [1.54, 1.807) is 0 Å². The molecule has 1 heteroatoms. The molecule has 1 nitrogen and oxygen atoms in total. The smallest absolute Gasteiger partial charge is 0.0716 e. The van der Waals surface area contributed by atoms with Gasteiger partial charge in [0.15, 0.2) is 0 Å². The van der Waals surface area contributed by atoms with E-state index in [0.717, 1.165) is 24.9 Å². The molecule has 0 aliphatic heterocycles. The molecule has 30 heavy (non-hydrogen) atoms. The summed E-state index contributed by atoms with van der Waals surface area (Å²) < 4.78 is 5.63. The Morgan fingerprint density at radius 1 is 0.833 bits per heavy atom. The predicted octanol–water partition coefficient (Wildman–Crippen LogP) is 8.38. The average molecular weight is 405 g/mol. The van der Waals surface area contributed by atoms with Crippen molar-refractivity contribution in [3.63, 3.8) is 0 Å². The highest BCUT2D eigenvalue weighted by Crippen LogP contribution is 2.32. The molecule has 2 aromatic rings. The van der Waals surface area contributed by atoms with Gasteiger partial charge in [-0.25, -0.2) is 0 Å². The van der Waals surface area contributed by atoms with Crippen molar-refractivity contribution in [2.75, 3.05) is 6.61 Å². The molecule has 1 fully saturated rings. The summed E-state index contributed by atoms with van der Waals surface area (Å²) in [6, 6.07) is 18.0. The molecule has 162 valence electrons. The fourth-order valence-electron chi connectivity index (χ4n) is 4.70. The van der Waals surface area contributed by atoms with Crippen molar-refractivity contribution in [3.8, 4) is 11.1 Å². The molecule has 0 N–H and O–H groups in total. The number of benzene rings is 2. The van der Waals surface area contributed by atoms with E-state index < -0.39 is 0 Å². The van der Waals surface area contributed by atoms with E-state index in [0.29, 0.717) is 6.61 Å². The number of hydrogen-bond donors (Lipinski definition) is 0. The molecule has 0 heterocycles. The van der Waals surface area contributed by atoms with Crippen LogP contribution in [0.15, 0.2) is 60.7 Å². The molecule has 1 aliphatic rings. The van der Waals surface area contributed by atoms with E-state index in [1.807, 2.05) is 0 Å². The minimum Gasteiger partial charge on any atom is -0.377 e. The van der Waals surface area contributed by atoms with Crippen molar-refractivity contribution in [3.05, 3.63) is 71.8 Å². The van der Waals surface area contributed by atoms with Crippen LogP contribution in [0.3, 0.4) is 0 Å². The first-order chi connectivity index (χ1) is 14.8. The van der Waals surface area contributed by atoms with E-state index >= 15 is 0 Å². The van der Waals surface area contributed by atoms with E-state index in [4.69, 9.17) is 4.74 Å². The summed E-state index contributed by atoms with van der Waals surface area (Å²) in [5.41, 5.74) is 5.31. The summed E-state index contributed by atoms with van der Waals surface area (Å²) in [4.78, 5) is 0. The van der Waals surface area contributed by atoms with E-state index in [1.165, 1.54) is 73.6 Å². The van der Waals surface area contributed by atoms with Crippen molar-refractivity contribution < 1.29 is 4.74 Å². The van der Waals surface area contributed by atoms with Gasteiger partial charge in [0.05, 0.1) is 6.61 Å². The van der Waals surface area contributed by atoms with Crippen LogP contribution in [-0.2, 0) is 17.8 Å². The summed E-state index contributed by atoms with van der Waals surface area (Å²) >= 11 is 0. The first-order valence-electron chi connectivity index (χ1n) is 12.2. The van der Waals surface area contributed by atoms with Gasteiger partial charge in [-0.15, -0.1) is 0 Å². The molecule has 1 aliphatic carbocycles. The Hall–Kier alpha value is -1.86. The molecule has 0 aromatic heterocycles. The van der Waals surface area contributed by atoms with Gasteiger partial charge >= 0.3 is 0 Å². The molecule has 0 atom stereocenters. The van der Waals surface area contributed by atoms with Crippen LogP contribution >= 0.6 is 0 Å². The standard InChI is InChI=1S/C29H40O/c1-3-7-24-10-12-25(13-11-24)8-5-6-9-26-14-18-28(19-15-26)29-20-16-27(17-21-29)23-30-22-4-2/h3,7,14-21,24-25H,4-6,8-13,22-23H2,1-2H3/b7-3-. The third kappa shape index (κ3) is 7.43. The molecule has 0 spiro atoms. The third-order valence-electron chi connectivity index (χ3n) is 6.54. The van der Waals surface area contributed by atoms with E-state index in [-0.39, 0.29) is 0 Å². The van der Waals surface area contributed by atoms with Crippen molar-refractivity contribution in [1.82, 2.24) is 0 Å². The lowest BCUT2D eigenvalue weighted by Gasteiger charge is -2.26. The number of aryl methyl sites for hydroxylation is 1. The summed E-state index contributed by atoms with van der Waals surface area (Å²) in [6.07, 6.45) is 16.7. The highest BCUT2D eigenvalue weighted by molar-refractivity contribution is 5.63. The van der Waals surface area contributed by atoms with Crippen LogP contribution in [0.5, 0.6) is 0 Å². The second kappa shape index (κ2) is 12.7. The Morgan fingerprint density at radius 3 is 2.07 bits per heavy atom. The summed E-state index contributed by atoms with van der Waals surface area (Å²) in [7, 11) is 0. The Balaban J connectivity index is 1.37. The van der Waals surface area contributed by atoms with Crippen LogP contribution in [0.4, 0.5) is 0 Å². The maximum absolute atomic E-state index is 5.63. The molecule has 0 amide bonds. The number of allylic oxidation sites excluding steroid dienone is 2. The molecule has 0 unspecified atom stereocenters. The number of hydrogen-bond acceptors (Lipinski definition) is 1. The minimum absolute atomic E-state index is 0.713. The van der Waals surface area contributed by atoms with Crippen LogP contribution in [0, 0.1) is 11.8 Å². The molecule has 0 saturated heterocycles. The van der Waals surface area contributed by atoms with Crippen LogP contribution < -0.4 is 0 Å². The van der Waals surface area contributed by atoms with Gasteiger partial charge in [-0.1, -0.05) is 80.4 Å². The number of ether oxygens (including phenoxy) is 1. The van der Waals surface area contributed by atoms with Gasteiger partial charge in [0, 0.05) is 6.61 Å². The highest BCUT2D eigenvalue weighted by Gasteiger charge is 2.18. The summed E-state index contributed by atoms with van der Waals surface area (Å²) in [5.74, 6) is 1.83. The normalized spacial score (nSPS) is 19.4. The molecule has 0 radical (unpaired) electrons. The lowest BCUT2D eigenvalue weighted by Crippen LogP contribution is -2.13. The summed E-state index contributed by atoms with van der Waals surface area (Å²) in [5, 5.41) is 0. The fraction of sp³-hybridized carbons (Fsp3) is 0.517. The van der Waals surface area contributed by atoms with Crippen LogP contribution in [0.25, 0.3) is 11.1 Å². The zero-order valence-corrected chi connectivity index (χ0v) is 19.1. The van der Waals surface area contributed by atoms with Gasteiger partial charge in [0.25, 0.3) is 0 Å². The lowest BCUT2D eigenvalue weighted by atomic mass is 9.79. The minimum atomic E-state index is 0.713. The molecule has 0 bridgehead atoms. The van der Waals surface area contributed by atoms with Crippen molar-refractivity contribution in [2.24, 2.45) is 11.8 Å². The lowest BCUT2D eigenvalue weighted by molar-refractivity contribution is 0.121. The summed E-state index contributed by atoms with van der Waals surface area (Å²) in [6.45, 7) is 5.84. The maximum atomic E-state index is 5.63. The van der Waals surface area contributed by atoms with Gasteiger partial charge < -0.3 is 4.74 Å². The quantitative estimate of drug-likeness (QED) is 0.270. The number of unbranched alkanes of at least 4 members (excludes halogenated alkanes) is 1. The monoisotopic (exact) mass is 404 g/mol. The third-order valence-corrected chi connectivity index (χ3v) is 6.54. The van der Waals surface area contributed by atoms with Gasteiger partial charge in [-0.3, -0.25) is 0 Å². The van der Waals surface area contributed by atoms with Gasteiger partial charge in [0.1, 0.15) is 0 Å². The molecule has 1 saturated carbocycles. The predicted molar refractivity (Wildman–Crippen MR) is 130 cm³/mol. The van der Waals surface area contributed by atoms with Crippen molar-refractivity contribution in [2.45, 2.75) is 78.2 Å². The SMILES string of the molecule is C/C=C\C1CCC(CCCCc2ccc(-c3ccc(COCCC)cc3)cc2)CC1. The second-order valence-corrected chi connectivity index (χ2v) is 9.00. The molecular weight excluding hydrogens is 364 g/mol. The Kier molecular flexibility index (Phi) is 9.70. The van der Waals surface area contributed by atoms with Gasteiger partial charge in [-0.2, -0.15) is 0 Å². The second-order valence-electron chi connectivity index (χ2n) is 9.00.